The van der Waals surface area contributed by atoms with Gasteiger partial charge in [0.1, 0.15) is 0 Å². The molecule has 1 rings (SSSR count). The van der Waals surface area contributed by atoms with Crippen molar-refractivity contribution in [3.8, 4) is 6.07 Å². The zero-order valence-electron chi connectivity index (χ0n) is 8.54. The van der Waals surface area contributed by atoms with Gasteiger partial charge in [-0.25, -0.2) is 0 Å². The molecule has 0 saturated heterocycles. The first-order chi connectivity index (χ1) is 6.69. The van der Waals surface area contributed by atoms with Gasteiger partial charge in [-0.05, 0) is 25.0 Å². The Morgan fingerprint density at radius 2 is 2.21 bits per heavy atom. The molecule has 0 saturated carbocycles. The topological polar surface area (TPSA) is 23.8 Å². The first-order valence-electron chi connectivity index (χ1n) is 4.51. The van der Waals surface area contributed by atoms with Crippen LogP contribution in [0.2, 0.25) is 0 Å². The summed E-state index contributed by atoms with van der Waals surface area (Å²) < 4.78 is 0. The quantitative estimate of drug-likeness (QED) is 0.508. The first-order valence-corrected chi connectivity index (χ1v) is 4.51. The van der Waals surface area contributed by atoms with Gasteiger partial charge in [0, 0.05) is 0 Å². The number of allylic oxidation sites excluding steroid dienone is 3. The van der Waals surface area contributed by atoms with Crippen molar-refractivity contribution in [3.05, 3.63) is 53.6 Å². The van der Waals surface area contributed by atoms with Crippen molar-refractivity contribution in [2.75, 3.05) is 0 Å². The number of rotatable bonds is 2. The van der Waals surface area contributed by atoms with Crippen LogP contribution in [0.25, 0.3) is 5.57 Å². The van der Waals surface area contributed by atoms with E-state index in [1.54, 1.807) is 6.08 Å². The van der Waals surface area contributed by atoms with E-state index in [0.29, 0.717) is 5.57 Å². The molecule has 70 valence electrons. The third kappa shape index (κ3) is 2.11. The molecule has 0 heterocycles. The van der Waals surface area contributed by atoms with Gasteiger partial charge >= 0.3 is 0 Å². The third-order valence-corrected chi connectivity index (χ3v) is 2.10. The van der Waals surface area contributed by atoms with E-state index in [1.165, 1.54) is 5.56 Å². The van der Waals surface area contributed by atoms with Gasteiger partial charge in [-0.15, -0.1) is 0 Å². The molecule has 1 nitrogen and oxygen atoms in total. The van der Waals surface area contributed by atoms with Crippen LogP contribution in [-0.4, -0.2) is 0 Å². The van der Waals surface area contributed by atoms with Gasteiger partial charge in [0.15, 0.2) is 0 Å². The second kappa shape index (κ2) is 4.43. The Bertz CT molecular complexity index is 419. The molecule has 0 N–H and O–H groups in total. The molecular formula is C13H13N. The molecule has 1 aromatic carbocycles. The molecule has 0 aromatic heterocycles. The molecule has 1 aromatic rings. The maximum Gasteiger partial charge on any atom is 0.0994 e. The molecule has 0 bridgehead atoms. The molecule has 0 unspecified atom stereocenters. The summed E-state index contributed by atoms with van der Waals surface area (Å²) in [7, 11) is 0. The summed E-state index contributed by atoms with van der Waals surface area (Å²) in [6.07, 6.45) is 1.78. The van der Waals surface area contributed by atoms with Crippen molar-refractivity contribution >= 4 is 5.57 Å². The number of nitrogens with zero attached hydrogens (tertiary/aromatic N) is 1. The van der Waals surface area contributed by atoms with E-state index in [2.05, 4.69) is 12.6 Å². The van der Waals surface area contributed by atoms with Crippen LogP contribution in [0.1, 0.15) is 18.1 Å². The van der Waals surface area contributed by atoms with E-state index in [1.807, 2.05) is 38.1 Å². The van der Waals surface area contributed by atoms with Crippen molar-refractivity contribution in [1.29, 1.82) is 5.26 Å². The average Bonchev–Trinajstić information content (AvgIpc) is 2.19. The Labute approximate surface area is 85.0 Å². The fourth-order valence-electron chi connectivity index (χ4n) is 1.29. The second-order valence-electron chi connectivity index (χ2n) is 3.16. The van der Waals surface area contributed by atoms with Gasteiger partial charge in [0.05, 0.1) is 11.6 Å². The predicted octanol–water partition coefficient (Wildman–Crippen LogP) is 3.48. The molecule has 0 aliphatic heterocycles. The van der Waals surface area contributed by atoms with Crippen LogP contribution >= 0.6 is 0 Å². The SMILES string of the molecule is C=C(/C(C#N)=C\C)c1cccc(C)c1. The predicted molar refractivity (Wildman–Crippen MR) is 59.6 cm³/mol. The smallest absolute Gasteiger partial charge is 0.0994 e. The number of hydrogen-bond donors (Lipinski definition) is 0. The van der Waals surface area contributed by atoms with Gasteiger partial charge in [0.25, 0.3) is 0 Å². The molecule has 0 aliphatic rings. The molecule has 0 fully saturated rings. The summed E-state index contributed by atoms with van der Waals surface area (Å²) in [5.41, 5.74) is 3.62. The van der Waals surface area contributed by atoms with E-state index in [0.717, 1.165) is 11.1 Å². The lowest BCUT2D eigenvalue weighted by atomic mass is 9.99. The highest BCUT2D eigenvalue weighted by molar-refractivity contribution is 5.81. The molecule has 1 heteroatoms. The fourth-order valence-corrected chi connectivity index (χ4v) is 1.29. The Hall–Kier alpha value is -1.81. The summed E-state index contributed by atoms with van der Waals surface area (Å²) in [6, 6.07) is 10.1. The largest absolute Gasteiger partial charge is 0.192 e. The lowest BCUT2D eigenvalue weighted by molar-refractivity contribution is 1.43. The first kappa shape index (κ1) is 10.3. The van der Waals surface area contributed by atoms with Crippen LogP contribution in [0.5, 0.6) is 0 Å². The van der Waals surface area contributed by atoms with Crippen molar-refractivity contribution in [1.82, 2.24) is 0 Å². The number of aryl methyl sites for hydroxylation is 1. The van der Waals surface area contributed by atoms with Crippen molar-refractivity contribution in [2.24, 2.45) is 0 Å². The Balaban J connectivity index is 3.08. The van der Waals surface area contributed by atoms with Crippen LogP contribution in [0.15, 0.2) is 42.5 Å². The third-order valence-electron chi connectivity index (χ3n) is 2.10. The van der Waals surface area contributed by atoms with E-state index in [4.69, 9.17) is 5.26 Å². The van der Waals surface area contributed by atoms with Crippen LogP contribution in [0, 0.1) is 18.3 Å². The van der Waals surface area contributed by atoms with E-state index in [9.17, 15) is 0 Å². The zero-order valence-corrected chi connectivity index (χ0v) is 8.54. The summed E-state index contributed by atoms with van der Waals surface area (Å²) in [6.45, 7) is 7.79. The average molecular weight is 183 g/mol. The maximum absolute atomic E-state index is 8.85. The molecule has 0 spiro atoms. The molecule has 0 amide bonds. The lowest BCUT2D eigenvalue weighted by Gasteiger charge is -2.04. The fraction of sp³-hybridized carbons (Fsp3) is 0.154. The van der Waals surface area contributed by atoms with Gasteiger partial charge in [-0.1, -0.05) is 42.5 Å². The minimum atomic E-state index is 0.635. The Morgan fingerprint density at radius 1 is 1.50 bits per heavy atom. The zero-order chi connectivity index (χ0) is 10.6. The summed E-state index contributed by atoms with van der Waals surface area (Å²) in [4.78, 5) is 0. The van der Waals surface area contributed by atoms with Gasteiger partial charge < -0.3 is 0 Å². The number of hydrogen-bond acceptors (Lipinski definition) is 1. The van der Waals surface area contributed by atoms with E-state index >= 15 is 0 Å². The summed E-state index contributed by atoms with van der Waals surface area (Å²) >= 11 is 0. The van der Waals surface area contributed by atoms with Crippen LogP contribution in [-0.2, 0) is 0 Å². The Kier molecular flexibility index (Phi) is 3.25. The normalized spacial score (nSPS) is 10.8. The van der Waals surface area contributed by atoms with Gasteiger partial charge in [0.2, 0.25) is 0 Å². The standard InChI is InChI=1S/C13H13N/c1-4-12(9-14)11(3)13-7-5-6-10(2)8-13/h4-8H,3H2,1-2H3/b12-4-. The molecular weight excluding hydrogens is 170 g/mol. The minimum Gasteiger partial charge on any atom is -0.192 e. The second-order valence-corrected chi connectivity index (χ2v) is 3.16. The highest BCUT2D eigenvalue weighted by Crippen LogP contribution is 2.20. The molecule has 14 heavy (non-hydrogen) atoms. The maximum atomic E-state index is 8.85. The van der Waals surface area contributed by atoms with E-state index in [-0.39, 0.29) is 0 Å². The van der Waals surface area contributed by atoms with Crippen LogP contribution in [0.3, 0.4) is 0 Å². The van der Waals surface area contributed by atoms with Gasteiger partial charge in [-0.3, -0.25) is 0 Å². The summed E-state index contributed by atoms with van der Waals surface area (Å²) in [5.74, 6) is 0. The van der Waals surface area contributed by atoms with Crippen LogP contribution in [0.4, 0.5) is 0 Å². The number of nitriles is 1. The Morgan fingerprint density at radius 3 is 2.71 bits per heavy atom. The van der Waals surface area contributed by atoms with Crippen molar-refractivity contribution < 1.29 is 0 Å². The van der Waals surface area contributed by atoms with Crippen LogP contribution < -0.4 is 0 Å². The molecule has 0 atom stereocenters. The van der Waals surface area contributed by atoms with Crippen molar-refractivity contribution in [3.63, 3.8) is 0 Å². The molecule has 0 aliphatic carbocycles. The number of benzene rings is 1. The lowest BCUT2D eigenvalue weighted by Crippen LogP contribution is -1.86. The monoisotopic (exact) mass is 183 g/mol. The molecule has 0 radical (unpaired) electrons. The van der Waals surface area contributed by atoms with E-state index < -0.39 is 0 Å². The highest BCUT2D eigenvalue weighted by atomic mass is 14.2. The highest BCUT2D eigenvalue weighted by Gasteiger charge is 2.03. The minimum absolute atomic E-state index is 0.635. The summed E-state index contributed by atoms with van der Waals surface area (Å²) in [5, 5.41) is 8.85. The van der Waals surface area contributed by atoms with Gasteiger partial charge in [-0.2, -0.15) is 5.26 Å². The van der Waals surface area contributed by atoms with Crippen molar-refractivity contribution in [2.45, 2.75) is 13.8 Å².